The molecular formula is C20H21N3O2. The minimum atomic E-state index is -0.174. The van der Waals surface area contributed by atoms with E-state index >= 15 is 0 Å². The number of hydrogen-bond acceptors (Lipinski definition) is 3. The highest BCUT2D eigenvalue weighted by atomic mass is 16.3. The SMILES string of the molecule is CCc1ccccc1N=Cc1c(CCO)[nH]n(-c2ccccc2)c1=O. The molecule has 0 bridgehead atoms. The van der Waals surface area contributed by atoms with Gasteiger partial charge in [0.2, 0.25) is 0 Å². The molecule has 0 spiro atoms. The largest absolute Gasteiger partial charge is 0.396 e. The van der Waals surface area contributed by atoms with Crippen molar-refractivity contribution in [2.75, 3.05) is 6.61 Å². The first-order chi connectivity index (χ1) is 12.2. The smallest absolute Gasteiger partial charge is 0.280 e. The fraction of sp³-hybridized carbons (Fsp3) is 0.200. The van der Waals surface area contributed by atoms with Gasteiger partial charge in [0, 0.05) is 24.9 Å². The number of aliphatic imine (C=N–C) groups is 1. The summed E-state index contributed by atoms with van der Waals surface area (Å²) >= 11 is 0. The van der Waals surface area contributed by atoms with E-state index in [1.165, 1.54) is 4.68 Å². The van der Waals surface area contributed by atoms with Gasteiger partial charge in [0.05, 0.1) is 16.9 Å². The monoisotopic (exact) mass is 335 g/mol. The van der Waals surface area contributed by atoms with E-state index in [4.69, 9.17) is 0 Å². The summed E-state index contributed by atoms with van der Waals surface area (Å²) in [5, 5.41) is 12.4. The summed E-state index contributed by atoms with van der Waals surface area (Å²) in [5.41, 5.74) is 3.71. The van der Waals surface area contributed by atoms with Crippen molar-refractivity contribution in [2.24, 2.45) is 4.99 Å². The Morgan fingerprint density at radius 1 is 1.12 bits per heavy atom. The van der Waals surface area contributed by atoms with Crippen LogP contribution in [0.15, 0.2) is 64.4 Å². The fourth-order valence-electron chi connectivity index (χ4n) is 2.76. The third-order valence-corrected chi connectivity index (χ3v) is 4.09. The second kappa shape index (κ2) is 7.77. The van der Waals surface area contributed by atoms with Crippen molar-refractivity contribution in [1.82, 2.24) is 9.78 Å². The summed E-state index contributed by atoms with van der Waals surface area (Å²) < 4.78 is 1.48. The van der Waals surface area contributed by atoms with Gasteiger partial charge in [-0.25, -0.2) is 4.68 Å². The molecule has 25 heavy (non-hydrogen) atoms. The number of aromatic amines is 1. The molecule has 0 aliphatic carbocycles. The van der Waals surface area contributed by atoms with Gasteiger partial charge in [-0.3, -0.25) is 14.9 Å². The average molecular weight is 335 g/mol. The van der Waals surface area contributed by atoms with Crippen LogP contribution in [0.3, 0.4) is 0 Å². The lowest BCUT2D eigenvalue weighted by Crippen LogP contribution is -2.17. The minimum absolute atomic E-state index is 0.0405. The van der Waals surface area contributed by atoms with E-state index in [9.17, 15) is 9.90 Å². The molecule has 0 atom stereocenters. The Hall–Kier alpha value is -2.92. The van der Waals surface area contributed by atoms with E-state index < -0.39 is 0 Å². The van der Waals surface area contributed by atoms with E-state index in [0.717, 1.165) is 23.4 Å². The normalized spacial score (nSPS) is 11.3. The highest BCUT2D eigenvalue weighted by Gasteiger charge is 2.13. The number of nitrogens with one attached hydrogen (secondary N) is 1. The lowest BCUT2D eigenvalue weighted by Gasteiger charge is -2.01. The van der Waals surface area contributed by atoms with Crippen LogP contribution in [0.5, 0.6) is 0 Å². The van der Waals surface area contributed by atoms with Crippen molar-refractivity contribution in [2.45, 2.75) is 19.8 Å². The van der Waals surface area contributed by atoms with E-state index in [0.29, 0.717) is 17.7 Å². The van der Waals surface area contributed by atoms with Crippen LogP contribution < -0.4 is 5.56 Å². The molecule has 5 nitrogen and oxygen atoms in total. The molecule has 0 aliphatic heterocycles. The van der Waals surface area contributed by atoms with E-state index in [2.05, 4.69) is 17.0 Å². The third-order valence-electron chi connectivity index (χ3n) is 4.09. The summed E-state index contributed by atoms with van der Waals surface area (Å²) in [6.07, 6.45) is 2.84. The van der Waals surface area contributed by atoms with Crippen LogP contribution in [0.2, 0.25) is 0 Å². The van der Waals surface area contributed by atoms with Crippen molar-refractivity contribution < 1.29 is 5.11 Å². The highest BCUT2D eigenvalue weighted by Crippen LogP contribution is 2.19. The van der Waals surface area contributed by atoms with Gasteiger partial charge in [-0.15, -0.1) is 0 Å². The second-order valence-corrected chi connectivity index (χ2v) is 5.69. The molecular weight excluding hydrogens is 314 g/mol. The van der Waals surface area contributed by atoms with Crippen molar-refractivity contribution in [3.05, 3.63) is 81.8 Å². The predicted octanol–water partition coefficient (Wildman–Crippen LogP) is 3.01. The lowest BCUT2D eigenvalue weighted by atomic mass is 10.1. The second-order valence-electron chi connectivity index (χ2n) is 5.69. The first kappa shape index (κ1) is 16.9. The molecule has 0 amide bonds. The van der Waals surface area contributed by atoms with Gasteiger partial charge in [0.25, 0.3) is 5.56 Å². The summed E-state index contributed by atoms with van der Waals surface area (Å²) in [6.45, 7) is 2.03. The number of aromatic nitrogens is 2. The van der Waals surface area contributed by atoms with Gasteiger partial charge in [-0.2, -0.15) is 0 Å². The molecule has 0 saturated carbocycles. The van der Waals surface area contributed by atoms with Crippen LogP contribution in [-0.2, 0) is 12.8 Å². The number of aryl methyl sites for hydroxylation is 1. The average Bonchev–Trinajstić information content (AvgIpc) is 2.97. The van der Waals surface area contributed by atoms with E-state index in [1.807, 2.05) is 54.6 Å². The van der Waals surface area contributed by atoms with Crippen LogP contribution in [-0.4, -0.2) is 27.7 Å². The van der Waals surface area contributed by atoms with Crippen LogP contribution in [0.1, 0.15) is 23.7 Å². The number of H-pyrrole nitrogens is 1. The van der Waals surface area contributed by atoms with Gasteiger partial charge in [0.15, 0.2) is 0 Å². The fourth-order valence-corrected chi connectivity index (χ4v) is 2.76. The van der Waals surface area contributed by atoms with Crippen LogP contribution in [0.25, 0.3) is 5.69 Å². The molecule has 0 fully saturated rings. The highest BCUT2D eigenvalue weighted by molar-refractivity contribution is 5.83. The maximum Gasteiger partial charge on any atom is 0.280 e. The predicted molar refractivity (Wildman–Crippen MR) is 100 cm³/mol. The third kappa shape index (κ3) is 3.61. The Morgan fingerprint density at radius 3 is 2.56 bits per heavy atom. The Balaban J connectivity index is 2.04. The van der Waals surface area contributed by atoms with Crippen molar-refractivity contribution >= 4 is 11.9 Å². The molecule has 0 saturated heterocycles. The van der Waals surface area contributed by atoms with Crippen LogP contribution >= 0.6 is 0 Å². The summed E-state index contributed by atoms with van der Waals surface area (Å²) in [5.74, 6) is 0. The number of rotatable bonds is 6. The number of aliphatic hydroxyl groups is 1. The Bertz CT molecular complexity index is 924. The topological polar surface area (TPSA) is 70.4 Å². The quantitative estimate of drug-likeness (QED) is 0.680. The zero-order valence-corrected chi connectivity index (χ0v) is 14.1. The molecule has 0 aliphatic rings. The van der Waals surface area contributed by atoms with Crippen LogP contribution in [0.4, 0.5) is 5.69 Å². The van der Waals surface area contributed by atoms with Gasteiger partial charge in [-0.1, -0.05) is 43.3 Å². The molecule has 3 rings (SSSR count). The number of para-hydroxylation sites is 2. The van der Waals surface area contributed by atoms with Crippen LogP contribution in [0, 0.1) is 0 Å². The molecule has 1 aromatic heterocycles. The first-order valence-corrected chi connectivity index (χ1v) is 8.36. The van der Waals surface area contributed by atoms with Crippen molar-refractivity contribution in [1.29, 1.82) is 0 Å². The number of nitrogens with zero attached hydrogens (tertiary/aromatic N) is 2. The zero-order valence-electron chi connectivity index (χ0n) is 14.1. The standard InChI is InChI=1S/C20H21N3O2/c1-2-15-8-6-7-11-18(15)21-14-17-19(12-13-24)22-23(20(17)25)16-9-4-3-5-10-16/h3-11,14,22,24H,2,12-13H2,1H3. The Kier molecular flexibility index (Phi) is 5.26. The Labute approximate surface area is 146 Å². The molecule has 0 radical (unpaired) electrons. The summed E-state index contributed by atoms with van der Waals surface area (Å²) in [7, 11) is 0. The van der Waals surface area contributed by atoms with Gasteiger partial charge < -0.3 is 5.11 Å². The van der Waals surface area contributed by atoms with Crippen molar-refractivity contribution in [3.8, 4) is 5.69 Å². The summed E-state index contributed by atoms with van der Waals surface area (Å²) in [6, 6.07) is 17.2. The molecule has 3 aromatic rings. The van der Waals surface area contributed by atoms with Gasteiger partial charge in [-0.05, 0) is 30.2 Å². The van der Waals surface area contributed by atoms with Gasteiger partial charge >= 0.3 is 0 Å². The maximum atomic E-state index is 12.8. The first-order valence-electron chi connectivity index (χ1n) is 8.36. The lowest BCUT2D eigenvalue weighted by molar-refractivity contribution is 0.298. The van der Waals surface area contributed by atoms with E-state index in [1.54, 1.807) is 6.21 Å². The zero-order chi connectivity index (χ0) is 17.6. The number of benzene rings is 2. The summed E-state index contributed by atoms with van der Waals surface area (Å²) in [4.78, 5) is 17.3. The molecule has 128 valence electrons. The van der Waals surface area contributed by atoms with Gasteiger partial charge in [0.1, 0.15) is 0 Å². The number of aliphatic hydroxyl groups excluding tert-OH is 1. The Morgan fingerprint density at radius 2 is 1.84 bits per heavy atom. The van der Waals surface area contributed by atoms with Crippen molar-refractivity contribution in [3.63, 3.8) is 0 Å². The van der Waals surface area contributed by atoms with E-state index in [-0.39, 0.29) is 12.2 Å². The molecule has 1 heterocycles. The molecule has 5 heteroatoms. The maximum absolute atomic E-state index is 12.8. The molecule has 2 N–H and O–H groups in total. The molecule has 2 aromatic carbocycles. The minimum Gasteiger partial charge on any atom is -0.396 e. The molecule has 0 unspecified atom stereocenters. The number of hydrogen-bond donors (Lipinski definition) is 2.